The van der Waals surface area contributed by atoms with Crippen molar-refractivity contribution in [3.63, 3.8) is 0 Å². The molecule has 1 aromatic heterocycles. The van der Waals surface area contributed by atoms with Crippen LogP contribution in [0.5, 0.6) is 17.5 Å². The minimum Gasteiger partial charge on any atom is -0.497 e. The number of methoxy groups -OCH3 is 3. The van der Waals surface area contributed by atoms with Crippen molar-refractivity contribution < 1.29 is 36.5 Å². The summed E-state index contributed by atoms with van der Waals surface area (Å²) < 4.78 is 81.9. The first-order valence-electron chi connectivity index (χ1n) is 16.0. The van der Waals surface area contributed by atoms with E-state index in [9.17, 15) is 13.2 Å². The van der Waals surface area contributed by atoms with E-state index in [1.807, 2.05) is 59.5 Å². The Morgan fingerprint density at radius 3 is 1.96 bits per heavy atom. The number of hydrogen-bond acceptors (Lipinski definition) is 7. The molecule has 2 atom stereocenters. The van der Waals surface area contributed by atoms with E-state index in [4.69, 9.17) is 18.9 Å². The predicted octanol–water partition coefficient (Wildman–Crippen LogP) is 7.86. The summed E-state index contributed by atoms with van der Waals surface area (Å²) in [6.07, 6.45) is -6.02. The maximum atomic E-state index is 16.4. The number of rotatable bonds is 8. The molecule has 0 spiro atoms. The summed E-state index contributed by atoms with van der Waals surface area (Å²) >= 11 is 0. The van der Waals surface area contributed by atoms with E-state index in [1.165, 1.54) is 31.5 Å². The summed E-state index contributed by atoms with van der Waals surface area (Å²) in [6.45, 7) is 1.12. The highest BCUT2D eigenvalue weighted by molar-refractivity contribution is 5.53. The van der Waals surface area contributed by atoms with Gasteiger partial charge in [0, 0.05) is 23.7 Å². The van der Waals surface area contributed by atoms with Gasteiger partial charge in [-0.2, -0.15) is 18.2 Å². The number of halogens is 4. The highest BCUT2D eigenvalue weighted by Gasteiger charge is 2.58. The monoisotopic (exact) mass is 697 g/mol. The van der Waals surface area contributed by atoms with Crippen molar-refractivity contribution in [3.8, 4) is 29.4 Å². The van der Waals surface area contributed by atoms with Crippen molar-refractivity contribution in [2.24, 2.45) is 0 Å². The summed E-state index contributed by atoms with van der Waals surface area (Å²) in [6, 6.07) is 29.9. The Bertz CT molecular complexity index is 1980. The molecule has 51 heavy (non-hydrogen) atoms. The first kappa shape index (κ1) is 35.4. The molecule has 5 aromatic rings. The Balaban J connectivity index is 1.63. The Hall–Kier alpha value is -5.44. The largest absolute Gasteiger partial charge is 0.497 e. The normalized spacial score (nSPS) is 18.0. The zero-order valence-electron chi connectivity index (χ0n) is 28.4. The van der Waals surface area contributed by atoms with Crippen molar-refractivity contribution in [2.45, 2.75) is 36.7 Å². The Morgan fingerprint density at radius 1 is 0.784 bits per heavy atom. The van der Waals surface area contributed by atoms with Crippen LogP contribution >= 0.6 is 0 Å². The molecule has 7 nitrogen and oxygen atoms in total. The average Bonchev–Trinajstić information content (AvgIpc) is 3.16. The number of benzene rings is 4. The van der Waals surface area contributed by atoms with Crippen LogP contribution in [0.1, 0.15) is 46.9 Å². The summed E-state index contributed by atoms with van der Waals surface area (Å²) in [5.74, 6) is 6.40. The van der Waals surface area contributed by atoms with E-state index < -0.39 is 42.3 Å². The molecule has 1 fully saturated rings. The third-order valence-electron chi connectivity index (χ3n) is 9.26. The van der Waals surface area contributed by atoms with Gasteiger partial charge in [0.1, 0.15) is 29.7 Å². The first-order valence-corrected chi connectivity index (χ1v) is 16.0. The van der Waals surface area contributed by atoms with Gasteiger partial charge in [-0.05, 0) is 78.1 Å². The smallest absolute Gasteiger partial charge is 0.414 e. The highest BCUT2D eigenvalue weighted by Crippen LogP contribution is 2.53. The molecule has 1 aliphatic heterocycles. The number of ether oxygens (including phenoxy) is 4. The lowest BCUT2D eigenvalue weighted by atomic mass is 9.70. The highest BCUT2D eigenvalue weighted by atomic mass is 19.4. The summed E-state index contributed by atoms with van der Waals surface area (Å²) in [5, 5.41) is 0. The van der Waals surface area contributed by atoms with Gasteiger partial charge >= 0.3 is 12.2 Å². The topological polar surface area (TPSA) is 65.9 Å². The van der Waals surface area contributed by atoms with Gasteiger partial charge in [-0.1, -0.05) is 60.5 Å². The second kappa shape index (κ2) is 14.4. The second-order valence-electron chi connectivity index (χ2n) is 12.1. The molecule has 4 aromatic carbocycles. The Labute approximate surface area is 293 Å². The lowest BCUT2D eigenvalue weighted by Gasteiger charge is -2.57. The van der Waals surface area contributed by atoms with Crippen LogP contribution in [0.2, 0.25) is 0 Å². The fourth-order valence-corrected chi connectivity index (χ4v) is 6.74. The standard InChI is InChI=1S/C40H35F4N3O4/c1-38(34-24-27(11-21-35(34)41)10-16-31-22-23-45-37(46-31)50-4)25-36(40(42,43)44)51-26-47(38)39(28-8-6-5-7-9-28,29-12-17-32(48-2)18-13-29)30-14-19-33(49-3)20-15-30/h5-9,11-15,17-24,36H,25-26H2,1-4H3/t36-,38-/m0/s1. The molecule has 0 saturated carbocycles. The molecular formula is C40H35F4N3O4. The minimum atomic E-state index is -4.72. The van der Waals surface area contributed by atoms with E-state index in [0.29, 0.717) is 33.9 Å². The third kappa shape index (κ3) is 6.85. The van der Waals surface area contributed by atoms with Crippen LogP contribution in [0.3, 0.4) is 0 Å². The maximum absolute atomic E-state index is 16.4. The van der Waals surface area contributed by atoms with Gasteiger partial charge < -0.3 is 18.9 Å². The summed E-state index contributed by atoms with van der Waals surface area (Å²) in [7, 11) is 4.53. The first-order chi connectivity index (χ1) is 24.5. The van der Waals surface area contributed by atoms with Crippen LogP contribution < -0.4 is 14.2 Å². The van der Waals surface area contributed by atoms with E-state index in [-0.39, 0.29) is 11.6 Å². The van der Waals surface area contributed by atoms with E-state index in [1.54, 1.807) is 51.5 Å². The lowest BCUT2D eigenvalue weighted by Crippen LogP contribution is -2.63. The van der Waals surface area contributed by atoms with Crippen molar-refractivity contribution in [3.05, 3.63) is 149 Å². The molecule has 0 bridgehead atoms. The zero-order chi connectivity index (χ0) is 36.2. The molecule has 0 radical (unpaired) electrons. The van der Waals surface area contributed by atoms with Crippen LogP contribution in [0, 0.1) is 17.7 Å². The van der Waals surface area contributed by atoms with E-state index >= 15 is 4.39 Å². The van der Waals surface area contributed by atoms with Gasteiger partial charge in [0.25, 0.3) is 0 Å². The number of hydrogen-bond donors (Lipinski definition) is 0. The van der Waals surface area contributed by atoms with E-state index in [2.05, 4.69) is 21.8 Å². The Morgan fingerprint density at radius 2 is 1.39 bits per heavy atom. The van der Waals surface area contributed by atoms with Gasteiger partial charge in [-0.3, -0.25) is 4.90 Å². The fraction of sp³-hybridized carbons (Fsp3) is 0.250. The second-order valence-corrected chi connectivity index (χ2v) is 12.1. The third-order valence-corrected chi connectivity index (χ3v) is 9.26. The van der Waals surface area contributed by atoms with Crippen molar-refractivity contribution in [1.82, 2.24) is 14.9 Å². The van der Waals surface area contributed by atoms with E-state index in [0.717, 1.165) is 5.56 Å². The molecule has 6 rings (SSSR count). The van der Waals surface area contributed by atoms with Crippen LogP contribution in [-0.4, -0.2) is 55.2 Å². The molecule has 1 aliphatic rings. The molecule has 0 N–H and O–H groups in total. The number of aromatic nitrogens is 2. The average molecular weight is 698 g/mol. The quantitative estimate of drug-likeness (QED) is 0.0930. The van der Waals surface area contributed by atoms with Gasteiger partial charge in [0.15, 0.2) is 6.10 Å². The molecule has 262 valence electrons. The van der Waals surface area contributed by atoms with Crippen molar-refractivity contribution in [1.29, 1.82) is 0 Å². The van der Waals surface area contributed by atoms with Crippen LogP contribution in [0.4, 0.5) is 17.6 Å². The minimum absolute atomic E-state index is 0.0226. The van der Waals surface area contributed by atoms with Gasteiger partial charge in [-0.25, -0.2) is 9.37 Å². The van der Waals surface area contributed by atoms with Crippen molar-refractivity contribution in [2.75, 3.05) is 28.1 Å². The van der Waals surface area contributed by atoms with Crippen molar-refractivity contribution >= 4 is 0 Å². The number of nitrogens with zero attached hydrogens (tertiary/aromatic N) is 3. The van der Waals surface area contributed by atoms with Gasteiger partial charge in [-0.15, -0.1) is 0 Å². The van der Waals surface area contributed by atoms with Gasteiger partial charge in [0.05, 0.1) is 32.4 Å². The van der Waals surface area contributed by atoms with Crippen LogP contribution in [-0.2, 0) is 15.8 Å². The summed E-state index contributed by atoms with van der Waals surface area (Å²) in [5.41, 5.74) is -0.109. The molecule has 2 heterocycles. The molecule has 1 saturated heterocycles. The molecule has 11 heteroatoms. The molecule has 0 amide bonds. The molecule has 0 aliphatic carbocycles. The van der Waals surface area contributed by atoms with Crippen LogP contribution in [0.25, 0.3) is 0 Å². The zero-order valence-corrected chi connectivity index (χ0v) is 28.4. The fourth-order valence-electron chi connectivity index (χ4n) is 6.74. The SMILES string of the molecule is COc1ccc(C(c2ccccc2)(c2ccc(OC)cc2)N2CO[C@H](C(F)(F)F)C[C@@]2(C)c2cc(C#Cc3ccnc(OC)n3)ccc2F)cc1. The van der Waals surface area contributed by atoms with Gasteiger partial charge in [0.2, 0.25) is 0 Å². The predicted molar refractivity (Wildman–Crippen MR) is 183 cm³/mol. The molecule has 0 unspecified atom stereocenters. The maximum Gasteiger partial charge on any atom is 0.414 e. The summed E-state index contributed by atoms with van der Waals surface area (Å²) in [4.78, 5) is 10.0. The number of alkyl halides is 3. The lowest BCUT2D eigenvalue weighted by molar-refractivity contribution is -0.276. The molecular weight excluding hydrogens is 662 g/mol. The van der Waals surface area contributed by atoms with Crippen LogP contribution in [0.15, 0.2) is 109 Å². The Kier molecular flexibility index (Phi) is 10.0.